The van der Waals surface area contributed by atoms with Crippen molar-refractivity contribution in [1.82, 2.24) is 9.88 Å². The standard InChI is InChI=1S/C15H15F3N2O2S/c1-22-13(11-5-3-2-4-6-11)14(21)20(10-15(16,17)18)9-12-19-7-8-23-12/h2-8,13H,9-10H2,1H3. The molecule has 0 saturated heterocycles. The van der Waals surface area contributed by atoms with Crippen LogP contribution in [0.5, 0.6) is 0 Å². The molecular formula is C15H15F3N2O2S. The minimum absolute atomic E-state index is 0.206. The maximum atomic E-state index is 12.8. The number of carbonyl (C=O) groups is 1. The van der Waals surface area contributed by atoms with Crippen molar-refractivity contribution in [2.45, 2.75) is 18.8 Å². The Hall–Kier alpha value is -1.93. The van der Waals surface area contributed by atoms with Gasteiger partial charge in [0.2, 0.25) is 0 Å². The molecule has 23 heavy (non-hydrogen) atoms. The number of amides is 1. The van der Waals surface area contributed by atoms with Gasteiger partial charge in [0.05, 0.1) is 6.54 Å². The van der Waals surface area contributed by atoms with Crippen LogP contribution in [0.25, 0.3) is 0 Å². The first kappa shape index (κ1) is 17.4. The fourth-order valence-electron chi connectivity index (χ4n) is 2.10. The molecule has 4 nitrogen and oxygen atoms in total. The van der Waals surface area contributed by atoms with Crippen LogP contribution in [0.2, 0.25) is 0 Å². The lowest BCUT2D eigenvalue weighted by Crippen LogP contribution is -2.41. The molecule has 1 atom stereocenters. The minimum atomic E-state index is -4.50. The summed E-state index contributed by atoms with van der Waals surface area (Å²) in [6, 6.07) is 8.43. The summed E-state index contributed by atoms with van der Waals surface area (Å²) in [7, 11) is 1.30. The summed E-state index contributed by atoms with van der Waals surface area (Å²) in [4.78, 5) is 17.2. The van der Waals surface area contributed by atoms with Crippen molar-refractivity contribution in [3.63, 3.8) is 0 Å². The number of nitrogens with zero attached hydrogens (tertiary/aromatic N) is 2. The molecule has 0 bridgehead atoms. The van der Waals surface area contributed by atoms with E-state index in [0.29, 0.717) is 10.6 Å². The molecule has 0 aliphatic carbocycles. The molecule has 1 aromatic heterocycles. The van der Waals surface area contributed by atoms with Crippen molar-refractivity contribution in [1.29, 1.82) is 0 Å². The average molecular weight is 344 g/mol. The summed E-state index contributed by atoms with van der Waals surface area (Å²) in [5.74, 6) is -0.744. The van der Waals surface area contributed by atoms with Gasteiger partial charge in [-0.2, -0.15) is 13.2 Å². The van der Waals surface area contributed by atoms with E-state index < -0.39 is 24.7 Å². The van der Waals surface area contributed by atoms with Crippen LogP contribution in [-0.4, -0.2) is 35.6 Å². The summed E-state index contributed by atoms with van der Waals surface area (Å²) in [5, 5.41) is 2.09. The molecule has 124 valence electrons. The molecule has 0 saturated carbocycles. The Kier molecular flexibility index (Phi) is 5.73. The second-order valence-electron chi connectivity index (χ2n) is 4.76. The number of hydrogen-bond donors (Lipinski definition) is 0. The van der Waals surface area contributed by atoms with Crippen LogP contribution in [-0.2, 0) is 16.1 Å². The van der Waals surface area contributed by atoms with Gasteiger partial charge in [0.1, 0.15) is 11.6 Å². The van der Waals surface area contributed by atoms with Gasteiger partial charge in [-0.05, 0) is 5.56 Å². The van der Waals surface area contributed by atoms with Crippen LogP contribution < -0.4 is 0 Å². The van der Waals surface area contributed by atoms with Gasteiger partial charge in [-0.3, -0.25) is 4.79 Å². The summed E-state index contributed by atoms with van der Waals surface area (Å²) >= 11 is 1.20. The van der Waals surface area contributed by atoms with Crippen molar-refractivity contribution >= 4 is 17.2 Å². The van der Waals surface area contributed by atoms with Crippen molar-refractivity contribution in [3.8, 4) is 0 Å². The van der Waals surface area contributed by atoms with Crippen molar-refractivity contribution < 1.29 is 22.7 Å². The zero-order chi connectivity index (χ0) is 16.9. The minimum Gasteiger partial charge on any atom is -0.367 e. The van der Waals surface area contributed by atoms with Gasteiger partial charge in [0.15, 0.2) is 6.10 Å². The summed E-state index contributed by atoms with van der Waals surface area (Å²) in [6.07, 6.45) is -4.10. The Labute approximate surface area is 135 Å². The normalized spacial score (nSPS) is 12.9. The van der Waals surface area contributed by atoms with Gasteiger partial charge >= 0.3 is 6.18 Å². The molecule has 0 N–H and O–H groups in total. The maximum Gasteiger partial charge on any atom is 0.406 e. The maximum absolute atomic E-state index is 12.8. The number of benzene rings is 1. The second kappa shape index (κ2) is 7.56. The van der Waals surface area contributed by atoms with Crippen LogP contribution in [0.1, 0.15) is 16.7 Å². The second-order valence-corrected chi connectivity index (χ2v) is 5.74. The Balaban J connectivity index is 2.23. The third kappa shape index (κ3) is 5.04. The SMILES string of the molecule is COC(C(=O)N(Cc1nccs1)CC(F)(F)F)c1ccccc1. The van der Waals surface area contributed by atoms with Gasteiger partial charge in [-0.15, -0.1) is 11.3 Å². The molecule has 0 fully saturated rings. The molecule has 1 heterocycles. The fraction of sp³-hybridized carbons (Fsp3) is 0.333. The number of methoxy groups -OCH3 is 1. The van der Waals surface area contributed by atoms with Gasteiger partial charge in [-0.1, -0.05) is 30.3 Å². The van der Waals surface area contributed by atoms with Gasteiger partial charge in [0, 0.05) is 18.7 Å². The lowest BCUT2D eigenvalue weighted by atomic mass is 10.1. The lowest BCUT2D eigenvalue weighted by Gasteiger charge is -2.27. The molecule has 2 rings (SSSR count). The molecule has 0 spiro atoms. The van der Waals surface area contributed by atoms with Gasteiger partial charge in [-0.25, -0.2) is 4.98 Å². The number of hydrogen-bond acceptors (Lipinski definition) is 4. The number of ether oxygens (including phenoxy) is 1. The Morgan fingerprint density at radius 3 is 2.57 bits per heavy atom. The van der Waals surface area contributed by atoms with Crippen molar-refractivity contribution in [3.05, 3.63) is 52.5 Å². The molecule has 8 heteroatoms. The van der Waals surface area contributed by atoms with Crippen LogP contribution >= 0.6 is 11.3 Å². The molecule has 2 aromatic rings. The number of thiazole rings is 1. The molecule has 0 aliphatic rings. The Bertz CT molecular complexity index is 617. The van der Waals surface area contributed by atoms with E-state index in [1.54, 1.807) is 35.7 Å². The quantitative estimate of drug-likeness (QED) is 0.806. The predicted octanol–water partition coefficient (Wildman–Crippen LogP) is 3.42. The van der Waals surface area contributed by atoms with E-state index in [-0.39, 0.29) is 6.54 Å². The van der Waals surface area contributed by atoms with Crippen molar-refractivity contribution in [2.75, 3.05) is 13.7 Å². The fourth-order valence-corrected chi connectivity index (χ4v) is 2.73. The first-order chi connectivity index (χ1) is 10.9. The highest BCUT2D eigenvalue weighted by molar-refractivity contribution is 7.09. The first-order valence-electron chi connectivity index (χ1n) is 6.72. The zero-order valence-corrected chi connectivity index (χ0v) is 13.1. The molecular weight excluding hydrogens is 329 g/mol. The highest BCUT2D eigenvalue weighted by atomic mass is 32.1. The molecule has 0 radical (unpaired) electrons. The predicted molar refractivity (Wildman–Crippen MR) is 79.8 cm³/mol. The third-order valence-electron chi connectivity index (χ3n) is 3.05. The molecule has 0 aliphatic heterocycles. The highest BCUT2D eigenvalue weighted by Gasteiger charge is 2.36. The van der Waals surface area contributed by atoms with E-state index in [1.807, 2.05) is 0 Å². The number of alkyl halides is 3. The monoisotopic (exact) mass is 344 g/mol. The first-order valence-corrected chi connectivity index (χ1v) is 7.60. The summed E-state index contributed by atoms with van der Waals surface area (Å²) in [5.41, 5.74) is 0.506. The van der Waals surface area contributed by atoms with E-state index in [9.17, 15) is 18.0 Å². The van der Waals surface area contributed by atoms with Crippen LogP contribution in [0.4, 0.5) is 13.2 Å². The Morgan fingerprint density at radius 1 is 1.35 bits per heavy atom. The summed E-state index contributed by atoms with van der Waals surface area (Å²) in [6.45, 7) is -1.55. The van der Waals surface area contributed by atoms with E-state index in [2.05, 4.69) is 4.98 Å². The van der Waals surface area contributed by atoms with Crippen molar-refractivity contribution in [2.24, 2.45) is 0 Å². The number of aromatic nitrogens is 1. The highest BCUT2D eigenvalue weighted by Crippen LogP contribution is 2.24. The largest absolute Gasteiger partial charge is 0.406 e. The van der Waals surface area contributed by atoms with E-state index in [4.69, 9.17) is 4.74 Å². The Morgan fingerprint density at radius 2 is 2.04 bits per heavy atom. The van der Waals surface area contributed by atoms with E-state index in [0.717, 1.165) is 4.90 Å². The van der Waals surface area contributed by atoms with E-state index >= 15 is 0 Å². The average Bonchev–Trinajstić information content (AvgIpc) is 3.00. The summed E-state index contributed by atoms with van der Waals surface area (Å²) < 4.78 is 43.6. The molecule has 1 amide bonds. The number of halogens is 3. The van der Waals surface area contributed by atoms with Crippen LogP contribution in [0.3, 0.4) is 0 Å². The van der Waals surface area contributed by atoms with Crippen LogP contribution in [0.15, 0.2) is 41.9 Å². The van der Waals surface area contributed by atoms with Gasteiger partial charge < -0.3 is 9.64 Å². The number of rotatable bonds is 6. The zero-order valence-electron chi connectivity index (χ0n) is 12.3. The topological polar surface area (TPSA) is 42.4 Å². The van der Waals surface area contributed by atoms with Gasteiger partial charge in [0.25, 0.3) is 5.91 Å². The molecule has 1 unspecified atom stereocenters. The van der Waals surface area contributed by atoms with E-state index in [1.165, 1.54) is 24.6 Å². The van der Waals surface area contributed by atoms with Crippen LogP contribution in [0, 0.1) is 0 Å². The number of carbonyl (C=O) groups excluding carboxylic acids is 1. The molecule has 1 aromatic carbocycles. The third-order valence-corrected chi connectivity index (χ3v) is 3.82. The lowest BCUT2D eigenvalue weighted by molar-refractivity contribution is -0.169. The smallest absolute Gasteiger partial charge is 0.367 e.